The fraction of sp³-hybridized carbons (Fsp3) is 0.261. The van der Waals surface area contributed by atoms with Crippen molar-refractivity contribution >= 4 is 38.7 Å². The molecule has 0 saturated heterocycles. The SMILES string of the molecule is Cc1ccc(-c2nn(C(C)(C)CNC(=O)c3nc(C)ccc3Br)c3ncnc(N)c23)cc1. The number of anilines is 1. The van der Waals surface area contributed by atoms with Crippen LogP contribution in [0.2, 0.25) is 0 Å². The third kappa shape index (κ3) is 4.08. The Labute approximate surface area is 194 Å². The number of hydrogen-bond acceptors (Lipinski definition) is 6. The van der Waals surface area contributed by atoms with Crippen LogP contribution in [0.25, 0.3) is 22.3 Å². The molecule has 1 aromatic carbocycles. The maximum Gasteiger partial charge on any atom is 0.271 e. The normalized spacial score (nSPS) is 11.7. The molecule has 3 N–H and O–H groups in total. The number of nitrogens with two attached hydrogens (primary N) is 1. The highest BCUT2D eigenvalue weighted by atomic mass is 79.9. The van der Waals surface area contributed by atoms with Gasteiger partial charge in [0.25, 0.3) is 5.91 Å². The van der Waals surface area contributed by atoms with Crippen LogP contribution in [0.4, 0.5) is 5.82 Å². The van der Waals surface area contributed by atoms with Gasteiger partial charge in [0.2, 0.25) is 0 Å². The maximum atomic E-state index is 12.8. The smallest absolute Gasteiger partial charge is 0.271 e. The molecule has 0 aliphatic heterocycles. The van der Waals surface area contributed by atoms with E-state index in [9.17, 15) is 4.79 Å². The van der Waals surface area contributed by atoms with Crippen molar-refractivity contribution in [3.8, 4) is 11.3 Å². The Morgan fingerprint density at radius 3 is 2.56 bits per heavy atom. The number of benzene rings is 1. The lowest BCUT2D eigenvalue weighted by atomic mass is 10.1. The Balaban J connectivity index is 1.70. The van der Waals surface area contributed by atoms with Crippen LogP contribution in [-0.2, 0) is 5.54 Å². The molecule has 3 aromatic heterocycles. The average Bonchev–Trinajstić information content (AvgIpc) is 3.16. The summed E-state index contributed by atoms with van der Waals surface area (Å²) in [7, 11) is 0. The van der Waals surface area contributed by atoms with Crippen molar-refractivity contribution in [2.75, 3.05) is 12.3 Å². The number of carbonyl (C=O) groups is 1. The fourth-order valence-electron chi connectivity index (χ4n) is 3.46. The largest absolute Gasteiger partial charge is 0.383 e. The Morgan fingerprint density at radius 2 is 1.84 bits per heavy atom. The van der Waals surface area contributed by atoms with Crippen molar-refractivity contribution in [3.63, 3.8) is 0 Å². The minimum Gasteiger partial charge on any atom is -0.383 e. The zero-order chi connectivity index (χ0) is 23.0. The van der Waals surface area contributed by atoms with Gasteiger partial charge in [-0.05, 0) is 55.8 Å². The number of halogens is 1. The molecule has 0 atom stereocenters. The second kappa shape index (κ2) is 8.31. The molecule has 4 rings (SSSR count). The molecule has 0 unspecified atom stereocenters. The predicted molar refractivity (Wildman–Crippen MR) is 128 cm³/mol. The van der Waals surface area contributed by atoms with Crippen LogP contribution < -0.4 is 11.1 Å². The van der Waals surface area contributed by atoms with Gasteiger partial charge >= 0.3 is 0 Å². The number of amides is 1. The van der Waals surface area contributed by atoms with Gasteiger partial charge in [0.15, 0.2) is 5.65 Å². The van der Waals surface area contributed by atoms with Crippen molar-refractivity contribution in [3.05, 3.63) is 64.1 Å². The van der Waals surface area contributed by atoms with Gasteiger partial charge in [-0.3, -0.25) is 4.79 Å². The number of hydrogen-bond donors (Lipinski definition) is 2. The van der Waals surface area contributed by atoms with Crippen LogP contribution in [-0.4, -0.2) is 37.2 Å². The van der Waals surface area contributed by atoms with Crippen molar-refractivity contribution in [1.82, 2.24) is 30.0 Å². The lowest BCUT2D eigenvalue weighted by Gasteiger charge is -2.26. The number of pyridine rings is 1. The van der Waals surface area contributed by atoms with Crippen LogP contribution >= 0.6 is 15.9 Å². The Kier molecular flexibility index (Phi) is 5.68. The molecule has 0 bridgehead atoms. The molecule has 0 radical (unpaired) electrons. The van der Waals surface area contributed by atoms with Crippen molar-refractivity contribution in [1.29, 1.82) is 0 Å². The van der Waals surface area contributed by atoms with Gasteiger partial charge in [-0.2, -0.15) is 5.10 Å². The summed E-state index contributed by atoms with van der Waals surface area (Å²) in [5.74, 6) is 0.0996. The first kappa shape index (κ1) is 21.9. The van der Waals surface area contributed by atoms with E-state index in [1.807, 2.05) is 64.1 Å². The van der Waals surface area contributed by atoms with Crippen molar-refractivity contribution in [2.24, 2.45) is 0 Å². The molecule has 0 aliphatic rings. The molecule has 3 heterocycles. The number of nitrogens with one attached hydrogen (secondary N) is 1. The summed E-state index contributed by atoms with van der Waals surface area (Å²) < 4.78 is 2.44. The highest BCUT2D eigenvalue weighted by Crippen LogP contribution is 2.33. The quantitative estimate of drug-likeness (QED) is 0.434. The van der Waals surface area contributed by atoms with Crippen LogP contribution in [0.1, 0.15) is 35.6 Å². The first-order chi connectivity index (χ1) is 15.2. The molecule has 164 valence electrons. The first-order valence-electron chi connectivity index (χ1n) is 10.2. The molecule has 1 amide bonds. The molecular formula is C23H24BrN7O. The highest BCUT2D eigenvalue weighted by Gasteiger charge is 2.29. The van der Waals surface area contributed by atoms with Crippen LogP contribution in [0.5, 0.6) is 0 Å². The van der Waals surface area contributed by atoms with E-state index >= 15 is 0 Å². The monoisotopic (exact) mass is 493 g/mol. The van der Waals surface area contributed by atoms with Gasteiger partial charge in [-0.25, -0.2) is 19.6 Å². The van der Waals surface area contributed by atoms with E-state index < -0.39 is 5.54 Å². The van der Waals surface area contributed by atoms with Crippen LogP contribution in [0.15, 0.2) is 47.2 Å². The van der Waals surface area contributed by atoms with Gasteiger partial charge in [-0.15, -0.1) is 0 Å². The van der Waals surface area contributed by atoms with Gasteiger partial charge in [0.05, 0.1) is 10.9 Å². The summed E-state index contributed by atoms with van der Waals surface area (Å²) in [5, 5.41) is 8.53. The average molecular weight is 494 g/mol. The number of fused-ring (bicyclic) bond motifs is 1. The molecule has 32 heavy (non-hydrogen) atoms. The van der Waals surface area contributed by atoms with E-state index in [0.29, 0.717) is 39.3 Å². The standard InChI is InChI=1S/C23H24BrN7O/c1-13-5-8-15(9-6-13)18-17-20(25)27-12-28-21(17)31(30-18)23(3,4)11-26-22(32)19-16(24)10-7-14(2)29-19/h5-10,12H,11H2,1-4H3,(H,26,32)(H2,25,27,28). The van der Waals surface area contributed by atoms with Gasteiger partial charge in [-0.1, -0.05) is 29.8 Å². The number of aryl methyl sites for hydroxylation is 2. The Morgan fingerprint density at radius 1 is 1.12 bits per heavy atom. The number of carbonyl (C=O) groups excluding carboxylic acids is 1. The molecule has 0 fully saturated rings. The lowest BCUT2D eigenvalue weighted by Crippen LogP contribution is -2.41. The van der Waals surface area contributed by atoms with Gasteiger partial charge in [0, 0.05) is 22.3 Å². The molecule has 9 heteroatoms. The summed E-state index contributed by atoms with van der Waals surface area (Å²) in [6, 6.07) is 11.7. The Hall–Kier alpha value is -3.33. The predicted octanol–water partition coefficient (Wildman–Crippen LogP) is 4.01. The molecular weight excluding hydrogens is 470 g/mol. The topological polar surface area (TPSA) is 112 Å². The van der Waals surface area contributed by atoms with E-state index in [0.717, 1.165) is 16.8 Å². The zero-order valence-corrected chi connectivity index (χ0v) is 19.9. The van der Waals surface area contributed by atoms with E-state index in [-0.39, 0.29) is 5.91 Å². The van der Waals surface area contributed by atoms with E-state index in [1.54, 1.807) is 4.68 Å². The molecule has 0 spiro atoms. The summed E-state index contributed by atoms with van der Waals surface area (Å²) in [4.78, 5) is 25.8. The number of nitrogen functional groups attached to an aromatic ring is 1. The second-order valence-corrected chi connectivity index (χ2v) is 9.22. The molecule has 4 aromatic rings. The van der Waals surface area contributed by atoms with Crippen molar-refractivity contribution < 1.29 is 4.79 Å². The Bertz CT molecular complexity index is 1310. The zero-order valence-electron chi connectivity index (χ0n) is 18.3. The molecule has 8 nitrogen and oxygen atoms in total. The third-order valence-electron chi connectivity index (χ3n) is 5.27. The highest BCUT2D eigenvalue weighted by molar-refractivity contribution is 9.10. The lowest BCUT2D eigenvalue weighted by molar-refractivity contribution is 0.0930. The molecule has 0 saturated carbocycles. The van der Waals surface area contributed by atoms with Gasteiger partial charge < -0.3 is 11.1 Å². The van der Waals surface area contributed by atoms with Crippen molar-refractivity contribution in [2.45, 2.75) is 33.2 Å². The minimum absolute atomic E-state index is 0.266. The number of aromatic nitrogens is 5. The van der Waals surface area contributed by atoms with E-state index in [4.69, 9.17) is 10.8 Å². The summed E-state index contributed by atoms with van der Waals surface area (Å²) >= 11 is 3.40. The second-order valence-electron chi connectivity index (χ2n) is 8.36. The number of nitrogens with zero attached hydrogens (tertiary/aromatic N) is 5. The minimum atomic E-state index is -0.603. The third-order valence-corrected chi connectivity index (χ3v) is 5.91. The molecule has 0 aliphatic carbocycles. The number of rotatable bonds is 5. The maximum absolute atomic E-state index is 12.8. The van der Waals surface area contributed by atoms with Crippen LogP contribution in [0, 0.1) is 13.8 Å². The van der Waals surface area contributed by atoms with Crippen LogP contribution in [0.3, 0.4) is 0 Å². The summed E-state index contributed by atoms with van der Waals surface area (Å²) in [6.45, 7) is 8.15. The van der Waals surface area contributed by atoms with E-state index in [1.165, 1.54) is 6.33 Å². The van der Waals surface area contributed by atoms with Gasteiger partial charge in [0.1, 0.15) is 23.5 Å². The van der Waals surface area contributed by atoms with E-state index in [2.05, 4.69) is 36.2 Å². The first-order valence-corrected chi connectivity index (χ1v) is 10.9. The summed E-state index contributed by atoms with van der Waals surface area (Å²) in [5.41, 5.74) is 10.1. The summed E-state index contributed by atoms with van der Waals surface area (Å²) in [6.07, 6.45) is 1.43. The fourth-order valence-corrected chi connectivity index (χ4v) is 3.87.